The molecule has 12 heteroatoms. The van der Waals surface area contributed by atoms with Gasteiger partial charge in [-0.15, -0.1) is 0 Å². The number of fused-ring (bicyclic) bond motifs is 4. The normalized spacial score (nSPS) is 14.1. The number of nitrogens with one attached hydrogen (secondary N) is 3. The summed E-state index contributed by atoms with van der Waals surface area (Å²) in [5.74, 6) is 2.65. The molecule has 0 bridgehead atoms. The molecule has 1 fully saturated rings. The largest absolute Gasteiger partial charge is 0.338 e. The number of aryl methyl sites for hydroxylation is 4. The topological polar surface area (TPSA) is 138 Å². The van der Waals surface area contributed by atoms with Crippen LogP contribution in [0.2, 0.25) is 0 Å². The molecule has 6 aromatic rings. The highest BCUT2D eigenvalue weighted by Crippen LogP contribution is 2.38. The molecule has 1 aliphatic carbocycles. The number of hydrogen-bond donors (Lipinski definition) is 4. The third-order valence-electron chi connectivity index (χ3n) is 10.9. The van der Waals surface area contributed by atoms with Gasteiger partial charge >= 0.3 is 0 Å². The van der Waals surface area contributed by atoms with Crippen LogP contribution in [0.4, 0.5) is 34.4 Å². The molecule has 0 atom stereocenters. The molecule has 56 heavy (non-hydrogen) atoms. The number of hydrogen-bond acceptors (Lipinski definition) is 8. The maximum Gasteiger partial charge on any atom is 0.258 e. The smallest absolute Gasteiger partial charge is 0.258 e. The van der Waals surface area contributed by atoms with Crippen LogP contribution in [-0.4, -0.2) is 37.9 Å². The molecular formula is C44H48N10O2. The van der Waals surface area contributed by atoms with Crippen LogP contribution in [-0.2, 0) is 40.3 Å². The van der Waals surface area contributed by atoms with Gasteiger partial charge in [0.2, 0.25) is 0 Å². The van der Waals surface area contributed by atoms with E-state index in [0.717, 1.165) is 81.2 Å². The third kappa shape index (κ3) is 7.40. The monoisotopic (exact) mass is 748 g/mol. The molecule has 1 saturated carbocycles. The molecule has 2 aliphatic heterocycles. The van der Waals surface area contributed by atoms with E-state index in [1.807, 2.05) is 116 Å². The molecule has 3 aliphatic rings. The van der Waals surface area contributed by atoms with Crippen LogP contribution >= 0.6 is 0 Å². The van der Waals surface area contributed by atoms with E-state index in [4.69, 9.17) is 5.73 Å². The molecule has 0 radical (unpaired) electrons. The number of carbonyl (C=O) groups excluding carboxylic acids is 2. The second-order valence-corrected chi connectivity index (χ2v) is 14.9. The van der Waals surface area contributed by atoms with Gasteiger partial charge in [-0.1, -0.05) is 36.4 Å². The molecule has 0 unspecified atom stereocenters. The van der Waals surface area contributed by atoms with Gasteiger partial charge in [0.15, 0.2) is 0 Å². The fourth-order valence-corrected chi connectivity index (χ4v) is 7.41. The maximum atomic E-state index is 13.6. The SMILES string of the molecule is Cc1cc(C(=O)N2Cc3cnn(C)c3Nc3ccccc32)ccc1CN.Cc1cc(C(=O)N2Cc3cnn(C)c3Nc3ccccc32)ccc1CNCC1CC1. The van der Waals surface area contributed by atoms with E-state index in [0.29, 0.717) is 30.8 Å². The minimum Gasteiger partial charge on any atom is -0.338 e. The number of nitrogens with two attached hydrogens (primary N) is 1. The van der Waals surface area contributed by atoms with E-state index < -0.39 is 0 Å². The van der Waals surface area contributed by atoms with Crippen LogP contribution < -0.4 is 31.5 Å². The van der Waals surface area contributed by atoms with Crippen LogP contribution in [0.5, 0.6) is 0 Å². The predicted octanol–water partition coefficient (Wildman–Crippen LogP) is 7.22. The highest BCUT2D eigenvalue weighted by molar-refractivity contribution is 6.09. The van der Waals surface area contributed by atoms with Gasteiger partial charge in [-0.2, -0.15) is 10.2 Å². The van der Waals surface area contributed by atoms with Gasteiger partial charge < -0.3 is 31.5 Å². The zero-order valence-corrected chi connectivity index (χ0v) is 32.3. The van der Waals surface area contributed by atoms with Crippen LogP contribution in [0.15, 0.2) is 97.3 Å². The first-order valence-electron chi connectivity index (χ1n) is 19.2. The van der Waals surface area contributed by atoms with Gasteiger partial charge in [0.1, 0.15) is 11.6 Å². The fourth-order valence-electron chi connectivity index (χ4n) is 7.41. The van der Waals surface area contributed by atoms with Gasteiger partial charge in [-0.05, 0) is 110 Å². The molecule has 4 heterocycles. The number of carbonyl (C=O) groups is 2. The van der Waals surface area contributed by atoms with Crippen LogP contribution in [0, 0.1) is 19.8 Å². The van der Waals surface area contributed by atoms with E-state index in [-0.39, 0.29) is 11.8 Å². The van der Waals surface area contributed by atoms with Crippen LogP contribution in [0.1, 0.15) is 66.9 Å². The Hall–Kier alpha value is -6.24. The number of anilines is 6. The zero-order chi connectivity index (χ0) is 38.9. The standard InChI is InChI=1S/C24H27N5O.C20H21N5O/c1-16-11-18(9-10-19(16)13-25-12-17-7-8-17)24(30)29-15-20-14-26-28(2)23(20)27-21-5-3-4-6-22(21)29;1-13-9-14(7-8-15(13)10-21)20(26)25-12-16-11-22-24(2)19(16)23-17-5-3-4-6-18(17)25/h3-6,9-11,14,17,25,27H,7-8,12-13,15H2,1-2H3;3-9,11,23H,10,12,21H2,1-2H3. The third-order valence-corrected chi connectivity index (χ3v) is 10.9. The Morgan fingerprint density at radius 3 is 1.66 bits per heavy atom. The lowest BCUT2D eigenvalue weighted by Gasteiger charge is -2.23. The van der Waals surface area contributed by atoms with E-state index >= 15 is 0 Å². The summed E-state index contributed by atoms with van der Waals surface area (Å²) >= 11 is 0. The lowest BCUT2D eigenvalue weighted by atomic mass is 10.0. The Morgan fingerprint density at radius 2 is 1.20 bits per heavy atom. The van der Waals surface area contributed by atoms with Gasteiger partial charge in [-0.3, -0.25) is 19.0 Å². The molecule has 12 nitrogen and oxygen atoms in total. The number of rotatable bonds is 7. The molecule has 4 aromatic carbocycles. The van der Waals surface area contributed by atoms with Crippen molar-refractivity contribution in [1.82, 2.24) is 24.9 Å². The first-order valence-corrected chi connectivity index (χ1v) is 19.2. The molecule has 5 N–H and O–H groups in total. The number of para-hydroxylation sites is 4. The van der Waals surface area contributed by atoms with Crippen molar-refractivity contribution in [2.45, 2.75) is 52.9 Å². The quantitative estimate of drug-likeness (QED) is 0.134. The molecule has 286 valence electrons. The second-order valence-electron chi connectivity index (χ2n) is 14.9. The fraction of sp³-hybridized carbons (Fsp3) is 0.273. The lowest BCUT2D eigenvalue weighted by Crippen LogP contribution is -2.30. The molecule has 9 rings (SSSR count). The zero-order valence-electron chi connectivity index (χ0n) is 32.3. The summed E-state index contributed by atoms with van der Waals surface area (Å²) < 4.78 is 3.61. The van der Waals surface area contributed by atoms with Crippen LogP contribution in [0.3, 0.4) is 0 Å². The van der Waals surface area contributed by atoms with Gasteiger partial charge in [0.25, 0.3) is 11.8 Å². The average Bonchev–Trinajstić information content (AvgIpc) is 3.96. The summed E-state index contributed by atoms with van der Waals surface area (Å²) in [4.78, 5) is 30.5. The summed E-state index contributed by atoms with van der Waals surface area (Å²) in [5, 5.41) is 19.1. The van der Waals surface area contributed by atoms with E-state index in [2.05, 4.69) is 39.1 Å². The van der Waals surface area contributed by atoms with Crippen molar-refractivity contribution in [3.63, 3.8) is 0 Å². The molecule has 0 spiro atoms. The van der Waals surface area contributed by atoms with Crippen molar-refractivity contribution in [2.24, 2.45) is 25.7 Å². The number of amides is 2. The van der Waals surface area contributed by atoms with Crippen molar-refractivity contribution in [3.8, 4) is 0 Å². The maximum absolute atomic E-state index is 13.6. The molecule has 0 saturated heterocycles. The molecule has 2 amide bonds. The highest BCUT2D eigenvalue weighted by atomic mass is 16.2. The highest BCUT2D eigenvalue weighted by Gasteiger charge is 2.28. The van der Waals surface area contributed by atoms with Crippen molar-refractivity contribution in [2.75, 3.05) is 27.0 Å². The van der Waals surface area contributed by atoms with E-state index in [1.54, 1.807) is 15.8 Å². The number of benzene rings is 4. The lowest BCUT2D eigenvalue weighted by molar-refractivity contribution is 0.0977. The van der Waals surface area contributed by atoms with Gasteiger partial charge in [0.05, 0.1) is 48.2 Å². The summed E-state index contributed by atoms with van der Waals surface area (Å²) in [6.07, 6.45) is 6.33. The summed E-state index contributed by atoms with van der Waals surface area (Å²) in [5.41, 5.74) is 17.1. The number of aromatic nitrogens is 4. The Kier molecular flexibility index (Phi) is 10.2. The predicted molar refractivity (Wildman–Crippen MR) is 222 cm³/mol. The van der Waals surface area contributed by atoms with Crippen LogP contribution in [0.25, 0.3) is 0 Å². The number of nitrogens with zero attached hydrogens (tertiary/aromatic N) is 6. The minimum atomic E-state index is -0.0392. The first kappa shape index (κ1) is 36.7. The Balaban J connectivity index is 0.000000159. The summed E-state index contributed by atoms with van der Waals surface area (Å²) in [6, 6.07) is 27.5. The molecule has 2 aromatic heterocycles. The first-order chi connectivity index (χ1) is 27.2. The van der Waals surface area contributed by atoms with Crippen molar-refractivity contribution in [1.29, 1.82) is 0 Å². The summed E-state index contributed by atoms with van der Waals surface area (Å²) in [6.45, 7) is 7.42. The van der Waals surface area contributed by atoms with Crippen molar-refractivity contribution in [3.05, 3.63) is 142 Å². The average molecular weight is 749 g/mol. The minimum absolute atomic E-state index is 0.00143. The van der Waals surface area contributed by atoms with E-state index in [9.17, 15) is 9.59 Å². The van der Waals surface area contributed by atoms with E-state index in [1.165, 1.54) is 18.4 Å². The molecular weight excluding hydrogens is 701 g/mol. The van der Waals surface area contributed by atoms with Crippen molar-refractivity contribution < 1.29 is 9.59 Å². The Bertz CT molecular complexity index is 2430. The van der Waals surface area contributed by atoms with Crippen molar-refractivity contribution >= 4 is 46.2 Å². The Labute approximate surface area is 327 Å². The van der Waals surface area contributed by atoms with Gasteiger partial charge in [-0.25, -0.2) is 0 Å². The summed E-state index contributed by atoms with van der Waals surface area (Å²) in [7, 11) is 3.80. The Morgan fingerprint density at radius 1 is 0.714 bits per heavy atom. The second kappa shape index (κ2) is 15.5. The van der Waals surface area contributed by atoms with Gasteiger partial charge in [0, 0.05) is 49.4 Å².